The van der Waals surface area contributed by atoms with E-state index in [1.54, 1.807) is 0 Å². The van der Waals surface area contributed by atoms with E-state index in [1.165, 1.54) is 19.2 Å². The molecule has 0 saturated heterocycles. The lowest BCUT2D eigenvalue weighted by Crippen LogP contribution is -2.03. The number of alkyl halides is 3. The monoisotopic (exact) mass is 294 g/mol. The van der Waals surface area contributed by atoms with Crippen molar-refractivity contribution in [2.75, 3.05) is 7.11 Å². The highest BCUT2D eigenvalue weighted by Crippen LogP contribution is 2.39. The summed E-state index contributed by atoms with van der Waals surface area (Å²) in [7, 11) is 1.39. The summed E-state index contributed by atoms with van der Waals surface area (Å²) < 4.78 is 48.1. The Morgan fingerprint density at radius 2 is 2.00 bits per heavy atom. The molecule has 0 saturated carbocycles. The molecule has 16 heavy (non-hydrogen) atoms. The number of ether oxygens (including phenoxy) is 1. The van der Waals surface area contributed by atoms with Crippen LogP contribution in [0.4, 0.5) is 13.2 Å². The van der Waals surface area contributed by atoms with E-state index >= 15 is 0 Å². The first kappa shape index (κ1) is 11.3. The first-order valence-corrected chi connectivity index (χ1v) is 5.04. The van der Waals surface area contributed by atoms with Crippen molar-refractivity contribution < 1.29 is 22.3 Å². The molecule has 0 atom stereocenters. The van der Waals surface area contributed by atoms with E-state index in [9.17, 15) is 13.2 Å². The Morgan fingerprint density at radius 3 is 2.56 bits per heavy atom. The van der Waals surface area contributed by atoms with E-state index in [-0.39, 0.29) is 11.0 Å². The first-order valence-electron chi connectivity index (χ1n) is 4.25. The van der Waals surface area contributed by atoms with Gasteiger partial charge in [0.15, 0.2) is 0 Å². The Kier molecular flexibility index (Phi) is 2.61. The van der Waals surface area contributed by atoms with Crippen molar-refractivity contribution in [3.8, 4) is 5.75 Å². The van der Waals surface area contributed by atoms with E-state index in [0.717, 1.165) is 0 Å². The van der Waals surface area contributed by atoms with Crippen LogP contribution in [0.2, 0.25) is 0 Å². The van der Waals surface area contributed by atoms with Crippen molar-refractivity contribution in [1.29, 1.82) is 0 Å². The predicted octanol–water partition coefficient (Wildman–Crippen LogP) is 4.22. The zero-order valence-electron chi connectivity index (χ0n) is 8.06. The van der Waals surface area contributed by atoms with E-state index in [0.29, 0.717) is 16.5 Å². The van der Waals surface area contributed by atoms with Crippen molar-refractivity contribution in [3.05, 3.63) is 28.4 Å². The van der Waals surface area contributed by atoms with Gasteiger partial charge >= 0.3 is 6.18 Å². The van der Waals surface area contributed by atoms with Crippen molar-refractivity contribution in [2.45, 2.75) is 6.18 Å². The molecule has 1 aromatic heterocycles. The van der Waals surface area contributed by atoms with Crippen LogP contribution in [0, 0.1) is 0 Å². The van der Waals surface area contributed by atoms with Crippen LogP contribution >= 0.6 is 15.9 Å². The summed E-state index contributed by atoms with van der Waals surface area (Å²) in [6, 6.07) is 2.75. The van der Waals surface area contributed by atoms with Gasteiger partial charge in [0.2, 0.25) is 0 Å². The summed E-state index contributed by atoms with van der Waals surface area (Å²) in [6.45, 7) is 0. The zero-order chi connectivity index (χ0) is 11.9. The Balaban J connectivity index is 2.72. The fourth-order valence-corrected chi connectivity index (χ4v) is 1.89. The Bertz CT molecular complexity index is 531. The molecule has 0 amide bonds. The molecule has 0 bridgehead atoms. The van der Waals surface area contributed by atoms with Gasteiger partial charge in [0.05, 0.1) is 11.6 Å². The van der Waals surface area contributed by atoms with Crippen LogP contribution in [-0.4, -0.2) is 7.11 Å². The molecule has 2 aromatic rings. The van der Waals surface area contributed by atoms with Crippen LogP contribution in [0.25, 0.3) is 11.0 Å². The fraction of sp³-hybridized carbons (Fsp3) is 0.200. The van der Waals surface area contributed by atoms with Gasteiger partial charge in [-0.05, 0) is 28.1 Å². The minimum atomic E-state index is -4.43. The lowest BCUT2D eigenvalue weighted by molar-refractivity contribution is -0.136. The number of hydrogen-bond donors (Lipinski definition) is 0. The molecule has 1 aromatic carbocycles. The van der Waals surface area contributed by atoms with Gasteiger partial charge in [-0.1, -0.05) is 0 Å². The minimum Gasteiger partial charge on any atom is -0.496 e. The second-order valence-corrected chi connectivity index (χ2v) is 3.98. The quantitative estimate of drug-likeness (QED) is 0.786. The molecule has 86 valence electrons. The van der Waals surface area contributed by atoms with Crippen LogP contribution in [0.5, 0.6) is 5.75 Å². The number of hydrogen-bond acceptors (Lipinski definition) is 2. The Labute approximate surface area is 97.1 Å². The maximum absolute atomic E-state index is 12.6. The van der Waals surface area contributed by atoms with Crippen molar-refractivity contribution in [3.63, 3.8) is 0 Å². The van der Waals surface area contributed by atoms with E-state index in [2.05, 4.69) is 15.9 Å². The number of furan rings is 1. The fourth-order valence-electron chi connectivity index (χ4n) is 1.40. The third-order valence-electron chi connectivity index (χ3n) is 2.15. The van der Waals surface area contributed by atoms with Gasteiger partial charge in [-0.15, -0.1) is 0 Å². The topological polar surface area (TPSA) is 22.4 Å². The van der Waals surface area contributed by atoms with Crippen LogP contribution in [0.3, 0.4) is 0 Å². The Hall–Kier alpha value is -1.17. The molecule has 0 spiro atoms. The number of fused-ring (bicyclic) bond motifs is 1. The number of rotatable bonds is 1. The average Bonchev–Trinajstić information content (AvgIpc) is 2.58. The van der Waals surface area contributed by atoms with Crippen LogP contribution in [0.1, 0.15) is 5.56 Å². The van der Waals surface area contributed by atoms with E-state index in [4.69, 9.17) is 9.15 Å². The molecule has 0 aliphatic heterocycles. The average molecular weight is 295 g/mol. The predicted molar refractivity (Wildman–Crippen MR) is 55.5 cm³/mol. The van der Waals surface area contributed by atoms with Crippen molar-refractivity contribution in [2.24, 2.45) is 0 Å². The molecular weight excluding hydrogens is 289 g/mol. The summed E-state index contributed by atoms with van der Waals surface area (Å²) in [5, 5.41) is -0.00690. The Morgan fingerprint density at radius 1 is 1.31 bits per heavy atom. The normalized spacial score (nSPS) is 12.1. The number of benzene rings is 1. The minimum absolute atomic E-state index is 0.00690. The van der Waals surface area contributed by atoms with Crippen LogP contribution in [-0.2, 0) is 6.18 Å². The van der Waals surface area contributed by atoms with E-state index < -0.39 is 11.7 Å². The molecule has 0 aliphatic rings. The first-order chi connectivity index (χ1) is 7.43. The largest absolute Gasteiger partial charge is 0.496 e. The highest BCUT2D eigenvalue weighted by atomic mass is 79.9. The van der Waals surface area contributed by atoms with E-state index in [1.807, 2.05) is 0 Å². The van der Waals surface area contributed by atoms with Gasteiger partial charge in [0, 0.05) is 5.39 Å². The van der Waals surface area contributed by atoms with Gasteiger partial charge in [0.1, 0.15) is 23.2 Å². The van der Waals surface area contributed by atoms with Crippen molar-refractivity contribution >= 4 is 26.9 Å². The summed E-state index contributed by atoms with van der Waals surface area (Å²) in [5.41, 5.74) is -0.631. The lowest BCUT2D eigenvalue weighted by atomic mass is 10.1. The summed E-state index contributed by atoms with van der Waals surface area (Å²) in [5.74, 6) is 0.333. The molecule has 1 heterocycles. The molecular formula is C10H6BrF3O2. The second kappa shape index (κ2) is 3.69. The number of halogens is 4. The molecule has 2 rings (SSSR count). The zero-order valence-corrected chi connectivity index (χ0v) is 9.65. The summed E-state index contributed by atoms with van der Waals surface area (Å²) >= 11 is 3.17. The van der Waals surface area contributed by atoms with Gasteiger partial charge in [-0.25, -0.2) is 0 Å². The second-order valence-electron chi connectivity index (χ2n) is 3.13. The van der Waals surface area contributed by atoms with Crippen LogP contribution < -0.4 is 4.74 Å². The highest BCUT2D eigenvalue weighted by Gasteiger charge is 2.34. The number of methoxy groups -OCH3 is 1. The third kappa shape index (κ3) is 1.77. The lowest BCUT2D eigenvalue weighted by Gasteiger charge is -2.05. The highest BCUT2D eigenvalue weighted by molar-refractivity contribution is 9.10. The third-order valence-corrected chi connectivity index (χ3v) is 2.77. The smallest absolute Gasteiger partial charge is 0.420 e. The van der Waals surface area contributed by atoms with Gasteiger partial charge in [0.25, 0.3) is 0 Å². The molecule has 0 N–H and O–H groups in total. The molecule has 2 nitrogen and oxygen atoms in total. The standard InChI is InChI=1S/C10H6BrF3O2/c1-15-9-2-5-6(10(12,13)14)4-16-8(5)3-7(9)11/h2-4H,1H3. The SMILES string of the molecule is COc1cc2c(C(F)(F)F)coc2cc1Br. The van der Waals surface area contributed by atoms with Gasteiger partial charge in [-0.3, -0.25) is 0 Å². The van der Waals surface area contributed by atoms with Gasteiger partial charge < -0.3 is 9.15 Å². The molecule has 0 aliphatic carbocycles. The summed E-state index contributed by atoms with van der Waals surface area (Å²) in [4.78, 5) is 0. The molecule has 0 radical (unpaired) electrons. The maximum Gasteiger partial charge on any atom is 0.420 e. The molecule has 0 fully saturated rings. The van der Waals surface area contributed by atoms with Crippen molar-refractivity contribution in [1.82, 2.24) is 0 Å². The summed E-state index contributed by atoms with van der Waals surface area (Å²) in [6.07, 6.45) is -3.72. The van der Waals surface area contributed by atoms with Crippen LogP contribution in [0.15, 0.2) is 27.3 Å². The maximum atomic E-state index is 12.6. The van der Waals surface area contributed by atoms with Gasteiger partial charge in [-0.2, -0.15) is 13.2 Å². The molecule has 0 unspecified atom stereocenters. The molecule has 6 heteroatoms.